The van der Waals surface area contributed by atoms with Gasteiger partial charge in [0.15, 0.2) is 0 Å². The van der Waals surface area contributed by atoms with Crippen molar-refractivity contribution in [3.8, 4) is 0 Å². The van der Waals surface area contributed by atoms with Gasteiger partial charge in [-0.1, -0.05) is 0 Å². The van der Waals surface area contributed by atoms with E-state index >= 15 is 0 Å². The summed E-state index contributed by atoms with van der Waals surface area (Å²) in [5.74, 6) is -0.290. The third-order valence-electron chi connectivity index (χ3n) is 2.60. The van der Waals surface area contributed by atoms with Gasteiger partial charge in [0.25, 0.3) is 0 Å². The van der Waals surface area contributed by atoms with Crippen LogP contribution in [0.1, 0.15) is 32.6 Å². The van der Waals surface area contributed by atoms with E-state index in [1.807, 2.05) is 0 Å². The van der Waals surface area contributed by atoms with Gasteiger partial charge in [-0.2, -0.15) is 0 Å². The Morgan fingerprint density at radius 3 is 3.07 bits per heavy atom. The Hall–Kier alpha value is -0.610. The van der Waals surface area contributed by atoms with Crippen LogP contribution in [0.25, 0.3) is 0 Å². The Balaban J connectivity index is 1.95. The largest absolute Gasteiger partial charge is 0.378 e. The molecule has 1 aliphatic heterocycles. The lowest BCUT2D eigenvalue weighted by Crippen LogP contribution is -2.39. The molecule has 82 valence electrons. The minimum absolute atomic E-state index is 0.223. The number of rotatable bonds is 6. The first-order valence-electron chi connectivity index (χ1n) is 5.34. The van der Waals surface area contributed by atoms with Crippen molar-refractivity contribution in [2.24, 2.45) is 5.73 Å². The third-order valence-corrected chi connectivity index (χ3v) is 2.60. The first-order valence-corrected chi connectivity index (χ1v) is 5.34. The molecule has 0 aromatic carbocycles. The molecule has 1 heterocycles. The molecule has 1 amide bonds. The summed E-state index contributed by atoms with van der Waals surface area (Å²) in [6.45, 7) is 3.54. The summed E-state index contributed by atoms with van der Waals surface area (Å²) in [4.78, 5) is 10.7. The lowest BCUT2D eigenvalue weighted by atomic mass is 10.1. The lowest BCUT2D eigenvalue weighted by Gasteiger charge is -2.11. The van der Waals surface area contributed by atoms with Crippen LogP contribution in [0.4, 0.5) is 0 Å². The number of amides is 1. The van der Waals surface area contributed by atoms with E-state index < -0.39 is 0 Å². The molecule has 14 heavy (non-hydrogen) atoms. The molecule has 2 unspecified atom stereocenters. The normalized spacial score (nSPS) is 23.6. The molecule has 0 spiro atoms. The van der Waals surface area contributed by atoms with Crippen molar-refractivity contribution in [1.29, 1.82) is 0 Å². The highest BCUT2D eigenvalue weighted by molar-refractivity contribution is 5.79. The molecule has 0 aliphatic carbocycles. The van der Waals surface area contributed by atoms with Gasteiger partial charge in [-0.15, -0.1) is 0 Å². The van der Waals surface area contributed by atoms with Gasteiger partial charge in [-0.25, -0.2) is 0 Å². The van der Waals surface area contributed by atoms with Gasteiger partial charge in [-0.05, 0) is 39.2 Å². The van der Waals surface area contributed by atoms with E-state index in [4.69, 9.17) is 10.5 Å². The van der Waals surface area contributed by atoms with E-state index in [1.54, 1.807) is 6.92 Å². The summed E-state index contributed by atoms with van der Waals surface area (Å²) in [6, 6.07) is -0.223. The highest BCUT2D eigenvalue weighted by atomic mass is 16.5. The molecule has 1 aliphatic rings. The summed E-state index contributed by atoms with van der Waals surface area (Å²) < 4.78 is 5.49. The van der Waals surface area contributed by atoms with E-state index in [0.717, 1.165) is 26.0 Å². The number of primary amides is 1. The van der Waals surface area contributed by atoms with E-state index in [9.17, 15) is 4.79 Å². The van der Waals surface area contributed by atoms with E-state index in [-0.39, 0.29) is 11.9 Å². The Bertz CT molecular complexity index is 179. The molecule has 1 fully saturated rings. The predicted octanol–water partition coefficient (Wildman–Crippen LogP) is 0.409. The highest BCUT2D eigenvalue weighted by Crippen LogP contribution is 2.16. The van der Waals surface area contributed by atoms with Crippen LogP contribution in [-0.4, -0.2) is 31.2 Å². The number of hydrogen-bond acceptors (Lipinski definition) is 3. The molecule has 3 N–H and O–H groups in total. The van der Waals surface area contributed by atoms with Crippen molar-refractivity contribution < 1.29 is 9.53 Å². The Labute approximate surface area is 85.2 Å². The van der Waals surface area contributed by atoms with Crippen molar-refractivity contribution in [1.82, 2.24) is 5.32 Å². The molecule has 0 aromatic heterocycles. The van der Waals surface area contributed by atoms with E-state index in [2.05, 4.69) is 5.32 Å². The second kappa shape index (κ2) is 5.98. The van der Waals surface area contributed by atoms with Gasteiger partial charge in [0, 0.05) is 6.61 Å². The quantitative estimate of drug-likeness (QED) is 0.610. The van der Waals surface area contributed by atoms with Crippen LogP contribution in [0.15, 0.2) is 0 Å². The van der Waals surface area contributed by atoms with Crippen molar-refractivity contribution in [2.75, 3.05) is 13.2 Å². The van der Waals surface area contributed by atoms with Crippen molar-refractivity contribution >= 4 is 5.91 Å². The summed E-state index contributed by atoms with van der Waals surface area (Å²) in [5, 5.41) is 3.08. The monoisotopic (exact) mass is 200 g/mol. The molecule has 4 nitrogen and oxygen atoms in total. The van der Waals surface area contributed by atoms with Crippen LogP contribution in [0.3, 0.4) is 0 Å². The Morgan fingerprint density at radius 1 is 1.71 bits per heavy atom. The summed E-state index contributed by atoms with van der Waals surface area (Å²) in [5.41, 5.74) is 5.11. The summed E-state index contributed by atoms with van der Waals surface area (Å²) in [7, 11) is 0. The van der Waals surface area contributed by atoms with Crippen molar-refractivity contribution in [2.45, 2.75) is 44.8 Å². The van der Waals surface area contributed by atoms with Gasteiger partial charge in [0.05, 0.1) is 12.1 Å². The molecular weight excluding hydrogens is 180 g/mol. The van der Waals surface area contributed by atoms with Gasteiger partial charge >= 0.3 is 0 Å². The zero-order chi connectivity index (χ0) is 10.4. The van der Waals surface area contributed by atoms with Crippen LogP contribution in [-0.2, 0) is 9.53 Å². The molecule has 1 rings (SSSR count). The number of nitrogens with two attached hydrogens (primary N) is 1. The van der Waals surface area contributed by atoms with Crippen LogP contribution < -0.4 is 11.1 Å². The van der Waals surface area contributed by atoms with Crippen LogP contribution in [0, 0.1) is 0 Å². The minimum Gasteiger partial charge on any atom is -0.378 e. The predicted molar refractivity (Wildman–Crippen MR) is 54.9 cm³/mol. The van der Waals surface area contributed by atoms with Gasteiger partial charge < -0.3 is 15.8 Å². The van der Waals surface area contributed by atoms with Crippen LogP contribution >= 0.6 is 0 Å². The molecule has 0 bridgehead atoms. The SMILES string of the molecule is CC(NCCCC1CCCO1)C(N)=O. The molecule has 0 saturated carbocycles. The number of carbonyl (C=O) groups excluding carboxylic acids is 1. The standard InChI is InChI=1S/C10H20N2O2/c1-8(10(11)13)12-6-2-4-9-5-3-7-14-9/h8-9,12H,2-7H2,1H3,(H2,11,13). The molecule has 0 radical (unpaired) electrons. The van der Waals surface area contributed by atoms with E-state index in [0.29, 0.717) is 6.10 Å². The lowest BCUT2D eigenvalue weighted by molar-refractivity contribution is -0.119. The molecule has 1 saturated heterocycles. The molecular formula is C10H20N2O2. The topological polar surface area (TPSA) is 64.3 Å². The average Bonchev–Trinajstić information content (AvgIpc) is 2.64. The maximum Gasteiger partial charge on any atom is 0.234 e. The highest BCUT2D eigenvalue weighted by Gasteiger charge is 2.14. The summed E-state index contributed by atoms with van der Waals surface area (Å²) in [6.07, 6.45) is 4.95. The number of hydrogen-bond donors (Lipinski definition) is 2. The van der Waals surface area contributed by atoms with E-state index in [1.165, 1.54) is 12.8 Å². The first kappa shape index (κ1) is 11.5. The molecule has 4 heteroatoms. The second-order valence-electron chi connectivity index (χ2n) is 3.86. The Morgan fingerprint density at radius 2 is 2.50 bits per heavy atom. The second-order valence-corrected chi connectivity index (χ2v) is 3.86. The zero-order valence-corrected chi connectivity index (χ0v) is 8.79. The molecule has 0 aromatic rings. The van der Waals surface area contributed by atoms with Crippen molar-refractivity contribution in [3.63, 3.8) is 0 Å². The smallest absolute Gasteiger partial charge is 0.234 e. The maximum absolute atomic E-state index is 10.7. The van der Waals surface area contributed by atoms with Crippen molar-refractivity contribution in [3.05, 3.63) is 0 Å². The maximum atomic E-state index is 10.7. The molecule has 2 atom stereocenters. The third kappa shape index (κ3) is 4.07. The minimum atomic E-state index is -0.290. The fourth-order valence-corrected chi connectivity index (χ4v) is 1.62. The number of carbonyl (C=O) groups is 1. The summed E-state index contributed by atoms with van der Waals surface area (Å²) >= 11 is 0. The first-order chi connectivity index (χ1) is 6.70. The van der Waals surface area contributed by atoms with Crippen LogP contribution in [0.2, 0.25) is 0 Å². The van der Waals surface area contributed by atoms with Gasteiger partial charge in [0.1, 0.15) is 0 Å². The number of nitrogens with one attached hydrogen (secondary N) is 1. The van der Waals surface area contributed by atoms with Gasteiger partial charge in [-0.3, -0.25) is 4.79 Å². The number of ether oxygens (including phenoxy) is 1. The fourth-order valence-electron chi connectivity index (χ4n) is 1.62. The zero-order valence-electron chi connectivity index (χ0n) is 8.79. The average molecular weight is 200 g/mol. The fraction of sp³-hybridized carbons (Fsp3) is 0.900. The van der Waals surface area contributed by atoms with Crippen LogP contribution in [0.5, 0.6) is 0 Å². The Kier molecular flexibility index (Phi) is 4.90. The van der Waals surface area contributed by atoms with Gasteiger partial charge in [0.2, 0.25) is 5.91 Å².